The van der Waals surface area contributed by atoms with Gasteiger partial charge >= 0.3 is 0 Å². The van der Waals surface area contributed by atoms with E-state index in [1.807, 2.05) is 0 Å². The first-order valence-electron chi connectivity index (χ1n) is 19.2. The average molecular weight is 590 g/mol. The van der Waals surface area contributed by atoms with Crippen LogP contribution in [0.1, 0.15) is 192 Å². The van der Waals surface area contributed by atoms with Gasteiger partial charge in [-0.25, -0.2) is 0 Å². The van der Waals surface area contributed by atoms with Crippen LogP contribution in [0.25, 0.3) is 0 Å². The molecule has 0 saturated carbocycles. The summed E-state index contributed by atoms with van der Waals surface area (Å²) in [6, 6.07) is 16.6. The third-order valence-electron chi connectivity index (χ3n) is 9.23. The molecule has 0 atom stereocenters. The number of unbranched alkanes of at least 4 members (excludes halogenated alkanes) is 21. The Morgan fingerprint density at radius 3 is 1.12 bits per heavy atom. The minimum atomic E-state index is 1.20. The summed E-state index contributed by atoms with van der Waals surface area (Å²) in [6.45, 7) is 6.91. The van der Waals surface area contributed by atoms with E-state index in [9.17, 15) is 0 Å². The Labute approximate surface area is 269 Å². The topological polar surface area (TPSA) is 12.0 Å². The highest BCUT2D eigenvalue weighted by molar-refractivity contribution is 5.62. The van der Waals surface area contributed by atoms with Crippen molar-refractivity contribution in [1.82, 2.24) is 0 Å². The highest BCUT2D eigenvalue weighted by atomic mass is 14.9. The molecular formula is C42H71N. The van der Waals surface area contributed by atoms with Crippen molar-refractivity contribution >= 4 is 11.4 Å². The van der Waals surface area contributed by atoms with Gasteiger partial charge in [-0.05, 0) is 79.5 Å². The Morgan fingerprint density at radius 2 is 0.698 bits per heavy atom. The zero-order chi connectivity index (χ0) is 30.6. The van der Waals surface area contributed by atoms with E-state index in [0.717, 1.165) is 0 Å². The van der Waals surface area contributed by atoms with Crippen molar-refractivity contribution in [3.63, 3.8) is 0 Å². The van der Waals surface area contributed by atoms with E-state index in [1.54, 1.807) is 0 Å². The summed E-state index contributed by atoms with van der Waals surface area (Å²) in [5.41, 5.74) is 7.07. The van der Waals surface area contributed by atoms with Gasteiger partial charge in [0.25, 0.3) is 0 Å². The molecule has 1 N–H and O–H groups in total. The Kier molecular flexibility index (Phi) is 23.2. The van der Waals surface area contributed by atoms with Gasteiger partial charge < -0.3 is 5.32 Å². The van der Waals surface area contributed by atoms with E-state index >= 15 is 0 Å². The Morgan fingerprint density at radius 1 is 0.349 bits per heavy atom. The summed E-state index contributed by atoms with van der Waals surface area (Å²) in [6.07, 6.45) is 36.9. The van der Waals surface area contributed by atoms with Crippen LogP contribution >= 0.6 is 0 Å². The molecular weight excluding hydrogens is 518 g/mol. The van der Waals surface area contributed by atoms with Gasteiger partial charge in [-0.2, -0.15) is 0 Å². The molecule has 0 saturated heterocycles. The van der Waals surface area contributed by atoms with Crippen LogP contribution in [0, 0.1) is 0 Å². The Bertz CT molecular complexity index is 861. The lowest BCUT2D eigenvalue weighted by atomic mass is 9.98. The molecule has 2 aromatic carbocycles. The van der Waals surface area contributed by atoms with Gasteiger partial charge in [0, 0.05) is 11.4 Å². The quantitative estimate of drug-likeness (QED) is 0.0931. The molecule has 2 aromatic rings. The molecule has 1 nitrogen and oxygen atoms in total. The molecule has 0 amide bonds. The molecule has 0 radical (unpaired) electrons. The number of hydrogen-bond acceptors (Lipinski definition) is 1. The SMILES string of the molecule is CCCCCCCCCCc1cccc(Nc2cc(CCCCCCCCCC)cc(CCCCCCCCCC)c2)c1. The Hall–Kier alpha value is -1.76. The van der Waals surface area contributed by atoms with Gasteiger partial charge in [-0.1, -0.05) is 174 Å². The van der Waals surface area contributed by atoms with Gasteiger partial charge in [0.1, 0.15) is 0 Å². The van der Waals surface area contributed by atoms with E-state index in [4.69, 9.17) is 0 Å². The standard InChI is InChI=1S/C42H71N/c1-4-7-10-13-16-19-22-25-29-38-32-28-33-41(35-38)43-42-36-39(30-26-23-20-17-14-11-8-5-2)34-40(37-42)31-27-24-21-18-15-12-9-6-3/h28,32-37,43H,4-27,29-31H2,1-3H3. The van der Waals surface area contributed by atoms with Gasteiger partial charge in [-0.3, -0.25) is 0 Å². The van der Waals surface area contributed by atoms with Gasteiger partial charge in [0.05, 0.1) is 0 Å². The number of rotatable bonds is 29. The van der Waals surface area contributed by atoms with Crippen LogP contribution in [0.3, 0.4) is 0 Å². The fraction of sp³-hybridized carbons (Fsp3) is 0.714. The van der Waals surface area contributed by atoms with Crippen LogP contribution in [-0.4, -0.2) is 0 Å². The molecule has 0 aromatic heterocycles. The maximum absolute atomic E-state index is 3.82. The Balaban J connectivity index is 1.87. The van der Waals surface area contributed by atoms with Crippen molar-refractivity contribution in [3.05, 3.63) is 59.2 Å². The number of hydrogen-bond donors (Lipinski definition) is 1. The predicted molar refractivity (Wildman–Crippen MR) is 195 cm³/mol. The van der Waals surface area contributed by atoms with Crippen LogP contribution in [0.2, 0.25) is 0 Å². The summed E-state index contributed by atoms with van der Waals surface area (Å²) in [5, 5.41) is 3.82. The number of benzene rings is 2. The van der Waals surface area contributed by atoms with E-state index in [1.165, 1.54) is 201 Å². The van der Waals surface area contributed by atoms with Gasteiger partial charge in [0.2, 0.25) is 0 Å². The van der Waals surface area contributed by atoms with Crippen molar-refractivity contribution in [2.24, 2.45) is 0 Å². The second-order valence-corrected chi connectivity index (χ2v) is 13.5. The molecule has 43 heavy (non-hydrogen) atoms. The molecule has 0 heterocycles. The van der Waals surface area contributed by atoms with Crippen LogP contribution in [0.4, 0.5) is 11.4 Å². The van der Waals surface area contributed by atoms with E-state index < -0.39 is 0 Å². The fourth-order valence-electron chi connectivity index (χ4n) is 6.48. The summed E-state index contributed by atoms with van der Waals surface area (Å²) in [5.74, 6) is 0. The predicted octanol–water partition coefficient (Wildman–Crippen LogP) is 14.5. The van der Waals surface area contributed by atoms with Crippen LogP contribution in [0.5, 0.6) is 0 Å². The van der Waals surface area contributed by atoms with Crippen molar-refractivity contribution in [3.8, 4) is 0 Å². The zero-order valence-corrected chi connectivity index (χ0v) is 29.1. The van der Waals surface area contributed by atoms with Crippen LogP contribution in [0.15, 0.2) is 42.5 Å². The van der Waals surface area contributed by atoms with Crippen molar-refractivity contribution in [2.45, 2.75) is 194 Å². The first-order valence-corrected chi connectivity index (χ1v) is 19.2. The highest BCUT2D eigenvalue weighted by Gasteiger charge is 2.05. The van der Waals surface area contributed by atoms with E-state index in [-0.39, 0.29) is 0 Å². The third kappa shape index (κ3) is 20.0. The monoisotopic (exact) mass is 590 g/mol. The molecule has 0 aliphatic rings. The third-order valence-corrected chi connectivity index (χ3v) is 9.23. The van der Waals surface area contributed by atoms with Crippen LogP contribution < -0.4 is 5.32 Å². The lowest BCUT2D eigenvalue weighted by Crippen LogP contribution is -1.97. The van der Waals surface area contributed by atoms with Crippen molar-refractivity contribution in [2.75, 3.05) is 5.32 Å². The second kappa shape index (κ2) is 26.6. The molecule has 0 spiro atoms. The molecule has 0 aliphatic heterocycles. The minimum Gasteiger partial charge on any atom is -0.356 e. The second-order valence-electron chi connectivity index (χ2n) is 13.5. The largest absolute Gasteiger partial charge is 0.356 e. The number of aryl methyl sites for hydroxylation is 3. The summed E-state index contributed by atoms with van der Waals surface area (Å²) < 4.78 is 0. The van der Waals surface area contributed by atoms with Crippen molar-refractivity contribution in [1.29, 1.82) is 0 Å². The van der Waals surface area contributed by atoms with E-state index in [2.05, 4.69) is 68.6 Å². The maximum atomic E-state index is 3.82. The highest BCUT2D eigenvalue weighted by Crippen LogP contribution is 2.24. The smallest absolute Gasteiger partial charge is 0.0389 e. The van der Waals surface area contributed by atoms with Gasteiger partial charge in [-0.15, -0.1) is 0 Å². The van der Waals surface area contributed by atoms with Gasteiger partial charge in [0.15, 0.2) is 0 Å². The molecule has 0 fully saturated rings. The average Bonchev–Trinajstić information content (AvgIpc) is 3.01. The summed E-state index contributed by atoms with van der Waals surface area (Å²) in [7, 11) is 0. The number of nitrogens with one attached hydrogen (secondary N) is 1. The normalized spacial score (nSPS) is 11.3. The summed E-state index contributed by atoms with van der Waals surface area (Å²) in [4.78, 5) is 0. The molecule has 244 valence electrons. The molecule has 1 heteroatoms. The lowest BCUT2D eigenvalue weighted by Gasteiger charge is -2.13. The zero-order valence-electron chi connectivity index (χ0n) is 29.1. The first kappa shape index (κ1) is 37.4. The first-order chi connectivity index (χ1) is 21.2. The molecule has 2 rings (SSSR count). The van der Waals surface area contributed by atoms with E-state index in [0.29, 0.717) is 0 Å². The number of anilines is 2. The lowest BCUT2D eigenvalue weighted by molar-refractivity contribution is 0.574. The fourth-order valence-corrected chi connectivity index (χ4v) is 6.48. The summed E-state index contributed by atoms with van der Waals surface area (Å²) >= 11 is 0. The van der Waals surface area contributed by atoms with Crippen molar-refractivity contribution < 1.29 is 0 Å². The van der Waals surface area contributed by atoms with Crippen LogP contribution in [-0.2, 0) is 19.3 Å². The molecule has 0 bridgehead atoms. The molecule has 0 unspecified atom stereocenters. The minimum absolute atomic E-state index is 1.20. The maximum Gasteiger partial charge on any atom is 0.0389 e. The molecule has 0 aliphatic carbocycles.